The zero-order valence-corrected chi connectivity index (χ0v) is 12.4. The molecule has 5 nitrogen and oxygen atoms in total. The summed E-state index contributed by atoms with van der Waals surface area (Å²) in [4.78, 5) is 27.1. The lowest BCUT2D eigenvalue weighted by Crippen LogP contribution is -2.35. The van der Waals surface area contributed by atoms with E-state index in [4.69, 9.17) is 4.74 Å². The number of aromatic amines is 1. The van der Waals surface area contributed by atoms with Gasteiger partial charge in [0.15, 0.2) is 0 Å². The Balaban J connectivity index is 1.73. The monoisotopic (exact) mass is 290 g/mol. The summed E-state index contributed by atoms with van der Waals surface area (Å²) in [5.74, 6) is 0.305. The second-order valence-corrected chi connectivity index (χ2v) is 6.21. The number of hydrogen-bond acceptors (Lipinski definition) is 3. The highest BCUT2D eigenvalue weighted by Gasteiger charge is 2.21. The van der Waals surface area contributed by atoms with Gasteiger partial charge >= 0.3 is 0 Å². The molecular weight excluding hydrogens is 268 g/mol. The summed E-state index contributed by atoms with van der Waals surface area (Å²) in [6.07, 6.45) is 5.01. The molecule has 1 fully saturated rings. The van der Waals surface area contributed by atoms with Crippen LogP contribution in [-0.4, -0.2) is 30.1 Å². The maximum absolute atomic E-state index is 12.2. The first-order valence-electron chi connectivity index (χ1n) is 7.78. The van der Waals surface area contributed by atoms with Crippen LogP contribution in [0.2, 0.25) is 0 Å². The molecule has 2 heterocycles. The molecule has 2 N–H and O–H groups in total. The topological polar surface area (TPSA) is 71.2 Å². The Labute approximate surface area is 124 Å². The number of aromatic nitrogens is 1. The van der Waals surface area contributed by atoms with Crippen LogP contribution in [0.1, 0.15) is 47.8 Å². The predicted molar refractivity (Wildman–Crippen MR) is 79.6 cm³/mol. The minimum atomic E-state index is -0.298. The summed E-state index contributed by atoms with van der Waals surface area (Å²) in [5.41, 5.74) is 2.04. The van der Waals surface area contributed by atoms with Crippen molar-refractivity contribution in [3.8, 4) is 0 Å². The van der Waals surface area contributed by atoms with Gasteiger partial charge < -0.3 is 15.0 Å². The van der Waals surface area contributed by atoms with Crippen LogP contribution >= 0.6 is 0 Å². The van der Waals surface area contributed by atoms with E-state index in [9.17, 15) is 9.59 Å². The second kappa shape index (κ2) is 6.02. The van der Waals surface area contributed by atoms with Crippen molar-refractivity contribution in [1.29, 1.82) is 0 Å². The summed E-state index contributed by atoms with van der Waals surface area (Å²) in [6, 6.07) is 1.77. The highest BCUT2D eigenvalue weighted by molar-refractivity contribution is 5.94. The van der Waals surface area contributed by atoms with Gasteiger partial charge in [-0.3, -0.25) is 9.59 Å². The van der Waals surface area contributed by atoms with Crippen molar-refractivity contribution in [1.82, 2.24) is 10.3 Å². The molecule has 0 aromatic carbocycles. The Kier molecular flexibility index (Phi) is 4.10. The van der Waals surface area contributed by atoms with Crippen LogP contribution in [0.4, 0.5) is 0 Å². The number of aryl methyl sites for hydroxylation is 1. The maximum atomic E-state index is 12.2. The molecule has 2 atom stereocenters. The molecule has 1 saturated heterocycles. The van der Waals surface area contributed by atoms with Crippen LogP contribution in [-0.2, 0) is 17.6 Å². The SMILES string of the molecule is C[C@@H]1CCc2[nH]c(=O)c(C(=O)NC[C@H]3CCCO3)cc2C1. The number of carbonyl (C=O) groups is 1. The largest absolute Gasteiger partial charge is 0.376 e. The second-order valence-electron chi connectivity index (χ2n) is 6.21. The highest BCUT2D eigenvalue weighted by Crippen LogP contribution is 2.23. The third-order valence-corrected chi connectivity index (χ3v) is 4.43. The van der Waals surface area contributed by atoms with Crippen molar-refractivity contribution < 1.29 is 9.53 Å². The van der Waals surface area contributed by atoms with Crippen LogP contribution < -0.4 is 10.9 Å². The minimum absolute atomic E-state index is 0.0886. The van der Waals surface area contributed by atoms with E-state index in [0.29, 0.717) is 12.5 Å². The number of ether oxygens (including phenoxy) is 1. The van der Waals surface area contributed by atoms with Crippen LogP contribution in [0.15, 0.2) is 10.9 Å². The normalized spacial score (nSPS) is 24.6. The smallest absolute Gasteiger partial charge is 0.261 e. The van der Waals surface area contributed by atoms with Gasteiger partial charge in [0.25, 0.3) is 11.5 Å². The molecule has 1 aromatic rings. The fourth-order valence-electron chi connectivity index (χ4n) is 3.16. The minimum Gasteiger partial charge on any atom is -0.376 e. The fraction of sp³-hybridized carbons (Fsp3) is 0.625. The number of carbonyl (C=O) groups excluding carboxylic acids is 1. The molecule has 0 spiro atoms. The van der Waals surface area contributed by atoms with Gasteiger partial charge in [0.1, 0.15) is 5.56 Å². The lowest BCUT2D eigenvalue weighted by atomic mass is 9.87. The molecule has 2 aliphatic rings. The number of amides is 1. The van der Waals surface area contributed by atoms with Crippen LogP contribution in [0.3, 0.4) is 0 Å². The van der Waals surface area contributed by atoms with E-state index in [1.807, 2.05) is 0 Å². The first-order valence-corrected chi connectivity index (χ1v) is 7.78. The molecule has 1 aliphatic carbocycles. The number of pyridine rings is 1. The lowest BCUT2D eigenvalue weighted by Gasteiger charge is -2.21. The maximum Gasteiger partial charge on any atom is 0.261 e. The van der Waals surface area contributed by atoms with Crippen LogP contribution in [0, 0.1) is 5.92 Å². The van der Waals surface area contributed by atoms with Crippen molar-refractivity contribution in [2.75, 3.05) is 13.2 Å². The fourth-order valence-corrected chi connectivity index (χ4v) is 3.16. The Bertz CT molecular complexity index is 588. The zero-order valence-electron chi connectivity index (χ0n) is 12.4. The molecular formula is C16H22N2O3. The number of nitrogens with one attached hydrogen (secondary N) is 2. The Morgan fingerprint density at radius 2 is 2.33 bits per heavy atom. The predicted octanol–water partition coefficient (Wildman–Crippen LogP) is 1.41. The van der Waals surface area contributed by atoms with Crippen molar-refractivity contribution in [3.05, 3.63) is 33.2 Å². The summed E-state index contributed by atoms with van der Waals surface area (Å²) < 4.78 is 5.47. The van der Waals surface area contributed by atoms with E-state index < -0.39 is 0 Å². The lowest BCUT2D eigenvalue weighted by molar-refractivity contribution is 0.0856. The van der Waals surface area contributed by atoms with Crippen molar-refractivity contribution in [2.45, 2.75) is 45.1 Å². The quantitative estimate of drug-likeness (QED) is 0.884. The number of rotatable bonds is 3. The van der Waals surface area contributed by atoms with Crippen molar-refractivity contribution in [2.24, 2.45) is 5.92 Å². The molecule has 0 saturated carbocycles. The van der Waals surface area contributed by atoms with Crippen LogP contribution in [0.5, 0.6) is 0 Å². The van der Waals surface area contributed by atoms with Gasteiger partial charge in [0.2, 0.25) is 0 Å². The van der Waals surface area contributed by atoms with Gasteiger partial charge in [0.05, 0.1) is 6.10 Å². The van der Waals surface area contributed by atoms with E-state index in [1.54, 1.807) is 6.07 Å². The molecule has 114 valence electrons. The Morgan fingerprint density at radius 1 is 1.48 bits per heavy atom. The van der Waals surface area contributed by atoms with Gasteiger partial charge in [-0.05, 0) is 49.7 Å². The molecule has 1 aromatic heterocycles. The molecule has 0 radical (unpaired) electrons. The average molecular weight is 290 g/mol. The average Bonchev–Trinajstić information content (AvgIpc) is 2.98. The molecule has 5 heteroatoms. The van der Waals surface area contributed by atoms with Crippen LogP contribution in [0.25, 0.3) is 0 Å². The molecule has 21 heavy (non-hydrogen) atoms. The molecule has 0 unspecified atom stereocenters. The van der Waals surface area contributed by atoms with E-state index in [-0.39, 0.29) is 23.1 Å². The van der Waals surface area contributed by atoms with E-state index in [0.717, 1.165) is 50.0 Å². The van der Waals surface area contributed by atoms with Crippen molar-refractivity contribution in [3.63, 3.8) is 0 Å². The van der Waals surface area contributed by atoms with E-state index >= 15 is 0 Å². The number of fused-ring (bicyclic) bond motifs is 1. The molecule has 0 bridgehead atoms. The molecule has 1 amide bonds. The highest BCUT2D eigenvalue weighted by atomic mass is 16.5. The Morgan fingerprint density at radius 3 is 3.10 bits per heavy atom. The molecule has 3 rings (SSSR count). The van der Waals surface area contributed by atoms with Gasteiger partial charge in [-0.15, -0.1) is 0 Å². The number of hydrogen-bond donors (Lipinski definition) is 2. The van der Waals surface area contributed by atoms with Crippen molar-refractivity contribution >= 4 is 5.91 Å². The van der Waals surface area contributed by atoms with E-state index in [2.05, 4.69) is 17.2 Å². The summed E-state index contributed by atoms with van der Waals surface area (Å²) in [7, 11) is 0. The zero-order chi connectivity index (χ0) is 14.8. The van der Waals surface area contributed by atoms with Gasteiger partial charge in [-0.1, -0.05) is 6.92 Å². The summed E-state index contributed by atoms with van der Waals surface area (Å²) in [5, 5.41) is 2.82. The van der Waals surface area contributed by atoms with E-state index in [1.165, 1.54) is 0 Å². The van der Waals surface area contributed by atoms with Gasteiger partial charge in [0, 0.05) is 18.8 Å². The number of H-pyrrole nitrogens is 1. The third kappa shape index (κ3) is 3.18. The summed E-state index contributed by atoms with van der Waals surface area (Å²) in [6.45, 7) is 3.44. The third-order valence-electron chi connectivity index (χ3n) is 4.43. The molecule has 1 aliphatic heterocycles. The summed E-state index contributed by atoms with van der Waals surface area (Å²) >= 11 is 0. The first kappa shape index (κ1) is 14.3. The van der Waals surface area contributed by atoms with Gasteiger partial charge in [-0.25, -0.2) is 0 Å². The Hall–Kier alpha value is -1.62. The van der Waals surface area contributed by atoms with Gasteiger partial charge in [-0.2, -0.15) is 0 Å². The standard InChI is InChI=1S/C16H22N2O3/c1-10-4-5-14-11(7-10)8-13(16(20)18-14)15(19)17-9-12-3-2-6-21-12/h8,10,12H,2-7,9H2,1H3,(H,17,19)(H,18,20)/t10-,12-/m1/s1. The first-order chi connectivity index (χ1) is 10.1.